The number of amides is 4. The Kier molecular flexibility index (Phi) is 11.0. The maximum Gasteiger partial charge on any atom is 0.408 e. The molecule has 0 spiro atoms. The molecule has 10 heteroatoms. The molecule has 1 aromatic carbocycles. The lowest BCUT2D eigenvalue weighted by Crippen LogP contribution is -2.54. The molecule has 0 saturated heterocycles. The molecule has 0 bridgehead atoms. The smallest absolute Gasteiger partial charge is 0.408 e. The molecule has 10 nitrogen and oxygen atoms in total. The predicted octanol–water partition coefficient (Wildman–Crippen LogP) is 2.66. The number of phenolic OH excluding ortho intramolecular Hbond substituents is 1. The molecule has 2 atom stereocenters. The molecule has 1 aromatic rings. The van der Waals surface area contributed by atoms with Crippen molar-refractivity contribution in [3.63, 3.8) is 0 Å². The van der Waals surface area contributed by atoms with E-state index in [1.54, 1.807) is 53.7 Å². The van der Waals surface area contributed by atoms with E-state index in [0.717, 1.165) is 6.42 Å². The van der Waals surface area contributed by atoms with E-state index in [1.165, 1.54) is 11.0 Å². The summed E-state index contributed by atoms with van der Waals surface area (Å²) in [5.74, 6) is -1.80. The van der Waals surface area contributed by atoms with Crippen LogP contribution in [0.5, 0.6) is 5.75 Å². The zero-order valence-corrected chi connectivity index (χ0v) is 21.8. The first-order valence-electron chi connectivity index (χ1n) is 11.8. The van der Waals surface area contributed by atoms with Crippen LogP contribution in [0.2, 0.25) is 0 Å². The van der Waals surface area contributed by atoms with Crippen molar-refractivity contribution in [1.82, 2.24) is 15.5 Å². The third-order valence-corrected chi connectivity index (χ3v) is 4.96. The summed E-state index contributed by atoms with van der Waals surface area (Å²) in [5.41, 5.74) is 5.57. The van der Waals surface area contributed by atoms with Crippen LogP contribution in [0.4, 0.5) is 4.79 Å². The average Bonchev–Trinajstić information content (AvgIpc) is 2.70. The molecule has 0 aliphatic carbocycles. The van der Waals surface area contributed by atoms with E-state index >= 15 is 0 Å². The van der Waals surface area contributed by atoms with Crippen molar-refractivity contribution in [2.24, 2.45) is 5.73 Å². The highest BCUT2D eigenvalue weighted by Gasteiger charge is 2.37. The van der Waals surface area contributed by atoms with Gasteiger partial charge in [0, 0.05) is 12.6 Å². The lowest BCUT2D eigenvalue weighted by molar-refractivity contribution is -0.143. The van der Waals surface area contributed by atoms with Crippen molar-refractivity contribution in [2.45, 2.75) is 91.5 Å². The highest BCUT2D eigenvalue weighted by Crippen LogP contribution is 2.28. The van der Waals surface area contributed by atoms with Gasteiger partial charge in [0.1, 0.15) is 23.4 Å². The van der Waals surface area contributed by atoms with Crippen molar-refractivity contribution >= 4 is 23.8 Å². The van der Waals surface area contributed by atoms with E-state index in [2.05, 4.69) is 10.6 Å². The molecular formula is C25H40N4O6. The molecule has 0 heterocycles. The number of carbonyl (C=O) groups excluding carboxylic acids is 4. The molecule has 4 amide bonds. The molecule has 0 aliphatic heterocycles. The van der Waals surface area contributed by atoms with Crippen LogP contribution < -0.4 is 16.4 Å². The van der Waals surface area contributed by atoms with Gasteiger partial charge in [-0.3, -0.25) is 14.4 Å². The average molecular weight is 493 g/mol. The first-order valence-corrected chi connectivity index (χ1v) is 11.8. The van der Waals surface area contributed by atoms with Crippen LogP contribution in [-0.2, 0) is 19.1 Å². The Hall–Kier alpha value is -3.30. The number of aryl methyl sites for hydroxylation is 1. The summed E-state index contributed by atoms with van der Waals surface area (Å²) >= 11 is 0. The van der Waals surface area contributed by atoms with Gasteiger partial charge in [-0.05, 0) is 71.2 Å². The number of nitrogens with two attached hydrogens (primary N) is 1. The highest BCUT2D eigenvalue weighted by atomic mass is 16.6. The van der Waals surface area contributed by atoms with Crippen LogP contribution in [0.3, 0.4) is 0 Å². The Balaban J connectivity index is 3.51. The fourth-order valence-corrected chi connectivity index (χ4v) is 3.43. The van der Waals surface area contributed by atoms with Crippen LogP contribution >= 0.6 is 0 Å². The number of phenols is 1. The minimum Gasteiger partial charge on any atom is -0.508 e. The van der Waals surface area contributed by atoms with Gasteiger partial charge >= 0.3 is 6.09 Å². The molecule has 0 saturated carbocycles. The lowest BCUT2D eigenvalue weighted by Gasteiger charge is -2.35. The largest absolute Gasteiger partial charge is 0.508 e. The van der Waals surface area contributed by atoms with E-state index in [-0.39, 0.29) is 18.3 Å². The number of carbonyl (C=O) groups is 4. The van der Waals surface area contributed by atoms with Crippen molar-refractivity contribution in [3.05, 3.63) is 29.3 Å². The Morgan fingerprint density at radius 1 is 1.14 bits per heavy atom. The Bertz CT molecular complexity index is 910. The number of alkyl carbamates (subject to hydrolysis) is 1. The van der Waals surface area contributed by atoms with E-state index in [4.69, 9.17) is 10.5 Å². The summed E-state index contributed by atoms with van der Waals surface area (Å²) in [6.07, 6.45) is -0.0365. The summed E-state index contributed by atoms with van der Waals surface area (Å²) in [6.45, 7) is 12.4. The summed E-state index contributed by atoms with van der Waals surface area (Å²) in [5, 5.41) is 15.3. The second-order valence-electron chi connectivity index (χ2n) is 9.87. The number of unbranched alkanes of at least 4 members (excludes halogenated alkanes) is 1. The topological polar surface area (TPSA) is 151 Å². The third kappa shape index (κ3) is 9.84. The zero-order valence-electron chi connectivity index (χ0n) is 21.8. The third-order valence-electron chi connectivity index (χ3n) is 4.96. The van der Waals surface area contributed by atoms with Crippen molar-refractivity contribution in [1.29, 1.82) is 0 Å². The van der Waals surface area contributed by atoms with Gasteiger partial charge in [-0.1, -0.05) is 19.4 Å². The Morgan fingerprint density at radius 3 is 2.26 bits per heavy atom. The molecule has 0 fully saturated rings. The summed E-state index contributed by atoms with van der Waals surface area (Å²) in [4.78, 5) is 52.7. The lowest BCUT2D eigenvalue weighted by atomic mass is 9.99. The van der Waals surface area contributed by atoms with Crippen molar-refractivity contribution in [2.75, 3.05) is 6.54 Å². The van der Waals surface area contributed by atoms with Gasteiger partial charge in [0.25, 0.3) is 0 Å². The molecular weight excluding hydrogens is 452 g/mol. The Morgan fingerprint density at radius 2 is 1.77 bits per heavy atom. The molecule has 196 valence electrons. The molecule has 0 radical (unpaired) electrons. The Labute approximate surface area is 207 Å². The predicted molar refractivity (Wildman–Crippen MR) is 132 cm³/mol. The van der Waals surface area contributed by atoms with Gasteiger partial charge < -0.3 is 31.1 Å². The summed E-state index contributed by atoms with van der Waals surface area (Å²) < 4.78 is 5.25. The van der Waals surface area contributed by atoms with Crippen LogP contribution in [-0.4, -0.2) is 58.1 Å². The van der Waals surface area contributed by atoms with E-state index in [9.17, 15) is 24.3 Å². The quantitative estimate of drug-likeness (QED) is 0.373. The standard InChI is InChI=1S/C25H40N4O6/c1-8-9-12-29(23(33)18(14-20(26)31)28-24(34)35-25(5,6)7)21(22(32)27-15(2)3)17-10-11-19(30)16(4)13-17/h10-11,13,15,18,21,30H,8-9,12,14H2,1-7H3,(H2,26,31)(H,27,32)(H,28,34). The van der Waals surface area contributed by atoms with Crippen molar-refractivity contribution in [3.8, 4) is 5.75 Å². The normalized spacial score (nSPS) is 13.0. The number of hydrogen-bond acceptors (Lipinski definition) is 6. The van der Waals surface area contributed by atoms with E-state index in [1.807, 2.05) is 6.92 Å². The van der Waals surface area contributed by atoms with Gasteiger partial charge in [0.15, 0.2) is 0 Å². The number of primary amides is 1. The number of benzene rings is 1. The highest BCUT2D eigenvalue weighted by molar-refractivity contribution is 5.94. The second-order valence-corrected chi connectivity index (χ2v) is 9.87. The van der Waals surface area contributed by atoms with Gasteiger partial charge in [-0.25, -0.2) is 4.79 Å². The summed E-state index contributed by atoms with van der Waals surface area (Å²) in [7, 11) is 0. The SMILES string of the molecule is CCCCN(C(=O)C(CC(N)=O)NC(=O)OC(C)(C)C)C(C(=O)NC(C)C)c1ccc(O)c(C)c1. The molecule has 5 N–H and O–H groups in total. The zero-order chi connectivity index (χ0) is 26.9. The number of rotatable bonds is 11. The fraction of sp³-hybridized carbons (Fsp3) is 0.600. The molecule has 0 aromatic heterocycles. The first-order chi connectivity index (χ1) is 16.2. The first kappa shape index (κ1) is 29.7. The minimum absolute atomic E-state index is 0.0569. The van der Waals surface area contributed by atoms with E-state index in [0.29, 0.717) is 17.5 Å². The maximum absolute atomic E-state index is 13.8. The molecule has 2 unspecified atom stereocenters. The van der Waals surface area contributed by atoms with Crippen LogP contribution in [0.1, 0.15) is 78.0 Å². The van der Waals surface area contributed by atoms with Crippen LogP contribution in [0.15, 0.2) is 18.2 Å². The van der Waals surface area contributed by atoms with Crippen LogP contribution in [0.25, 0.3) is 0 Å². The number of nitrogens with zero attached hydrogens (tertiary/aromatic N) is 1. The molecule has 35 heavy (non-hydrogen) atoms. The molecule has 1 rings (SSSR count). The molecule has 0 aliphatic rings. The van der Waals surface area contributed by atoms with Crippen LogP contribution in [0, 0.1) is 6.92 Å². The minimum atomic E-state index is -1.33. The second kappa shape index (κ2) is 13.0. The number of nitrogens with one attached hydrogen (secondary N) is 2. The number of hydrogen-bond donors (Lipinski definition) is 4. The fourth-order valence-electron chi connectivity index (χ4n) is 3.43. The van der Waals surface area contributed by atoms with Gasteiger partial charge in [-0.15, -0.1) is 0 Å². The van der Waals surface area contributed by atoms with Gasteiger partial charge in [0.2, 0.25) is 17.7 Å². The monoisotopic (exact) mass is 492 g/mol. The summed E-state index contributed by atoms with van der Waals surface area (Å²) in [6, 6.07) is 2.08. The van der Waals surface area contributed by atoms with Gasteiger partial charge in [-0.2, -0.15) is 0 Å². The maximum atomic E-state index is 13.8. The van der Waals surface area contributed by atoms with Crippen molar-refractivity contribution < 1.29 is 29.0 Å². The number of ether oxygens (including phenoxy) is 1. The van der Waals surface area contributed by atoms with E-state index < -0.39 is 47.9 Å². The number of aromatic hydroxyl groups is 1. The van der Waals surface area contributed by atoms with Gasteiger partial charge in [0.05, 0.1) is 6.42 Å².